The maximum Gasteiger partial charge on any atom is 0.212 e. The van der Waals surface area contributed by atoms with Gasteiger partial charge in [0.2, 0.25) is 10.0 Å². The van der Waals surface area contributed by atoms with Crippen LogP contribution in [0.4, 0.5) is 0 Å². The van der Waals surface area contributed by atoms with Crippen LogP contribution in [-0.4, -0.2) is 20.7 Å². The molecule has 1 rings (SSSR count). The van der Waals surface area contributed by atoms with E-state index in [-0.39, 0.29) is 11.7 Å². The first kappa shape index (κ1) is 18.2. The van der Waals surface area contributed by atoms with Crippen LogP contribution in [0.15, 0.2) is 30.3 Å². The molecule has 0 fully saturated rings. The highest BCUT2D eigenvalue weighted by atomic mass is 32.2. The Hall–Kier alpha value is -0.870. The average molecular weight is 311 g/mol. The second-order valence-electron chi connectivity index (χ2n) is 6.59. The van der Waals surface area contributed by atoms with E-state index in [9.17, 15) is 8.42 Å². The van der Waals surface area contributed by atoms with E-state index in [1.807, 2.05) is 37.3 Å². The topological polar surface area (TPSA) is 46.2 Å². The lowest BCUT2D eigenvalue weighted by Gasteiger charge is -2.25. The van der Waals surface area contributed by atoms with Gasteiger partial charge in [-0.15, -0.1) is 0 Å². The van der Waals surface area contributed by atoms with Crippen LogP contribution in [0, 0.1) is 17.8 Å². The van der Waals surface area contributed by atoms with Gasteiger partial charge in [0.15, 0.2) is 0 Å². The number of benzene rings is 1. The maximum atomic E-state index is 12.3. The van der Waals surface area contributed by atoms with E-state index in [4.69, 9.17) is 0 Å². The molecule has 0 aliphatic heterocycles. The molecule has 0 bridgehead atoms. The summed E-state index contributed by atoms with van der Waals surface area (Å²) in [5, 5.41) is 0. The first-order valence-electron chi connectivity index (χ1n) is 7.75. The zero-order chi connectivity index (χ0) is 16.0. The fourth-order valence-corrected chi connectivity index (χ4v) is 4.15. The minimum absolute atomic E-state index is 0.000231. The Balaban J connectivity index is 2.62. The third-order valence-corrected chi connectivity index (χ3v) is 5.63. The average Bonchev–Trinajstić information content (AvgIpc) is 2.38. The lowest BCUT2D eigenvalue weighted by Crippen LogP contribution is -2.36. The summed E-state index contributed by atoms with van der Waals surface area (Å²) in [6.45, 7) is 11.1. The molecular formula is C17H29NO2S. The second-order valence-corrected chi connectivity index (χ2v) is 8.45. The summed E-state index contributed by atoms with van der Waals surface area (Å²) in [6, 6.07) is 9.79. The molecule has 0 aromatic heterocycles. The van der Waals surface area contributed by atoms with Gasteiger partial charge in [-0.05, 0) is 29.2 Å². The molecule has 1 aromatic carbocycles. The van der Waals surface area contributed by atoms with Crippen molar-refractivity contribution in [3.8, 4) is 0 Å². The Morgan fingerprint density at radius 1 is 0.952 bits per heavy atom. The molecule has 1 N–H and O–H groups in total. The number of hydrogen-bond acceptors (Lipinski definition) is 2. The maximum absolute atomic E-state index is 12.3. The number of hydrogen-bond donors (Lipinski definition) is 1. The molecule has 0 saturated heterocycles. The minimum atomic E-state index is -3.24. The summed E-state index contributed by atoms with van der Waals surface area (Å²) in [6.07, 6.45) is 0. The van der Waals surface area contributed by atoms with Gasteiger partial charge in [-0.25, -0.2) is 13.1 Å². The minimum Gasteiger partial charge on any atom is -0.215 e. The summed E-state index contributed by atoms with van der Waals surface area (Å²) in [4.78, 5) is 0. The second kappa shape index (κ2) is 7.95. The van der Waals surface area contributed by atoms with Crippen molar-refractivity contribution in [2.45, 2.75) is 40.5 Å². The highest BCUT2D eigenvalue weighted by molar-refractivity contribution is 7.89. The van der Waals surface area contributed by atoms with E-state index in [2.05, 4.69) is 32.4 Å². The SMILES string of the molecule is CC(CS(=O)(=O)NCC(C(C)C)C(C)C)c1ccccc1. The van der Waals surface area contributed by atoms with Crippen molar-refractivity contribution in [3.05, 3.63) is 35.9 Å². The molecule has 0 radical (unpaired) electrons. The number of nitrogens with one attached hydrogen (secondary N) is 1. The molecule has 0 heterocycles. The molecule has 0 aliphatic carbocycles. The van der Waals surface area contributed by atoms with E-state index in [0.717, 1.165) is 5.56 Å². The molecule has 0 spiro atoms. The first-order chi connectivity index (χ1) is 9.73. The Labute approximate surface area is 130 Å². The van der Waals surface area contributed by atoms with Crippen LogP contribution >= 0.6 is 0 Å². The highest BCUT2D eigenvalue weighted by Gasteiger charge is 2.22. The summed E-state index contributed by atoms with van der Waals surface area (Å²) in [5.41, 5.74) is 1.06. The van der Waals surface area contributed by atoms with Crippen LogP contribution in [0.1, 0.15) is 46.1 Å². The van der Waals surface area contributed by atoms with Gasteiger partial charge in [-0.2, -0.15) is 0 Å². The Morgan fingerprint density at radius 3 is 1.95 bits per heavy atom. The number of sulfonamides is 1. The zero-order valence-corrected chi connectivity index (χ0v) is 14.7. The van der Waals surface area contributed by atoms with Crippen molar-refractivity contribution < 1.29 is 8.42 Å². The molecule has 1 atom stereocenters. The molecule has 0 amide bonds. The Morgan fingerprint density at radius 2 is 1.48 bits per heavy atom. The smallest absolute Gasteiger partial charge is 0.212 e. The van der Waals surface area contributed by atoms with E-state index in [1.165, 1.54) is 0 Å². The van der Waals surface area contributed by atoms with E-state index < -0.39 is 10.0 Å². The van der Waals surface area contributed by atoms with Crippen LogP contribution in [0.25, 0.3) is 0 Å². The van der Waals surface area contributed by atoms with Crippen LogP contribution in [0.5, 0.6) is 0 Å². The van der Waals surface area contributed by atoms with E-state index in [0.29, 0.717) is 24.3 Å². The molecule has 21 heavy (non-hydrogen) atoms. The predicted octanol–water partition coefficient (Wildman–Crippen LogP) is 3.64. The van der Waals surface area contributed by atoms with Gasteiger partial charge < -0.3 is 0 Å². The monoisotopic (exact) mass is 311 g/mol. The lowest BCUT2D eigenvalue weighted by atomic mass is 9.86. The molecule has 120 valence electrons. The molecule has 1 unspecified atom stereocenters. The van der Waals surface area contributed by atoms with Crippen molar-refractivity contribution in [1.29, 1.82) is 0 Å². The van der Waals surface area contributed by atoms with Gasteiger partial charge in [-0.3, -0.25) is 0 Å². The normalized spacial score (nSPS) is 14.1. The highest BCUT2D eigenvalue weighted by Crippen LogP contribution is 2.20. The summed E-state index contributed by atoms with van der Waals surface area (Å²) < 4.78 is 27.3. The van der Waals surface area contributed by atoms with Crippen molar-refractivity contribution >= 4 is 10.0 Å². The molecular weight excluding hydrogens is 282 g/mol. The molecule has 0 aliphatic rings. The van der Waals surface area contributed by atoms with Gasteiger partial charge in [0.05, 0.1) is 5.75 Å². The lowest BCUT2D eigenvalue weighted by molar-refractivity contribution is 0.289. The number of rotatable bonds is 8. The van der Waals surface area contributed by atoms with Crippen LogP contribution in [0.3, 0.4) is 0 Å². The third-order valence-electron chi connectivity index (χ3n) is 4.09. The van der Waals surface area contributed by atoms with Gasteiger partial charge in [0.1, 0.15) is 0 Å². The van der Waals surface area contributed by atoms with Gasteiger partial charge in [0.25, 0.3) is 0 Å². The molecule has 0 saturated carbocycles. The van der Waals surface area contributed by atoms with E-state index in [1.54, 1.807) is 0 Å². The van der Waals surface area contributed by atoms with Crippen LogP contribution in [-0.2, 0) is 10.0 Å². The van der Waals surface area contributed by atoms with Crippen molar-refractivity contribution in [2.75, 3.05) is 12.3 Å². The fourth-order valence-electron chi connectivity index (χ4n) is 2.73. The van der Waals surface area contributed by atoms with Crippen molar-refractivity contribution in [2.24, 2.45) is 17.8 Å². The fraction of sp³-hybridized carbons (Fsp3) is 0.647. The Bertz CT molecular complexity index is 501. The summed E-state index contributed by atoms with van der Waals surface area (Å²) in [7, 11) is -3.24. The predicted molar refractivity (Wildman–Crippen MR) is 89.8 cm³/mol. The standard InChI is InChI=1S/C17H29NO2S/c1-13(2)17(14(3)4)11-18-21(19,20)12-15(5)16-9-7-6-8-10-16/h6-10,13-15,17-18H,11-12H2,1-5H3. The molecule has 3 nitrogen and oxygen atoms in total. The molecule has 1 aromatic rings. The van der Waals surface area contributed by atoms with Crippen LogP contribution in [0.2, 0.25) is 0 Å². The van der Waals surface area contributed by atoms with E-state index >= 15 is 0 Å². The summed E-state index contributed by atoms with van der Waals surface area (Å²) in [5.74, 6) is 1.45. The van der Waals surface area contributed by atoms with Gasteiger partial charge in [0, 0.05) is 6.54 Å². The zero-order valence-electron chi connectivity index (χ0n) is 13.8. The largest absolute Gasteiger partial charge is 0.215 e. The van der Waals surface area contributed by atoms with Crippen molar-refractivity contribution in [3.63, 3.8) is 0 Å². The first-order valence-corrected chi connectivity index (χ1v) is 9.40. The van der Waals surface area contributed by atoms with Gasteiger partial charge in [-0.1, -0.05) is 65.0 Å². The Kier molecular flexibility index (Phi) is 6.88. The van der Waals surface area contributed by atoms with Crippen LogP contribution < -0.4 is 4.72 Å². The summed E-state index contributed by atoms with van der Waals surface area (Å²) >= 11 is 0. The quantitative estimate of drug-likeness (QED) is 0.796. The third kappa shape index (κ3) is 6.18. The van der Waals surface area contributed by atoms with Gasteiger partial charge >= 0.3 is 0 Å². The molecule has 4 heteroatoms. The van der Waals surface area contributed by atoms with Crippen molar-refractivity contribution in [1.82, 2.24) is 4.72 Å².